The zero-order chi connectivity index (χ0) is 13.9. The Hall–Kier alpha value is -2.23. The molecule has 0 bridgehead atoms. The molecule has 0 fully saturated rings. The lowest BCUT2D eigenvalue weighted by atomic mass is 10.1. The number of ether oxygens (including phenoxy) is 2. The van der Waals surface area contributed by atoms with E-state index < -0.39 is 0 Å². The van der Waals surface area contributed by atoms with Crippen LogP contribution in [0.25, 0.3) is 0 Å². The molecule has 0 saturated heterocycles. The van der Waals surface area contributed by atoms with E-state index in [0.29, 0.717) is 25.4 Å². The van der Waals surface area contributed by atoms with Crippen LogP contribution in [0.5, 0.6) is 11.5 Å². The summed E-state index contributed by atoms with van der Waals surface area (Å²) in [5, 5.41) is 3.10. The van der Waals surface area contributed by atoms with E-state index in [2.05, 4.69) is 5.32 Å². The van der Waals surface area contributed by atoms with Gasteiger partial charge in [0.2, 0.25) is 0 Å². The Morgan fingerprint density at radius 1 is 1.15 bits per heavy atom. The van der Waals surface area contributed by atoms with Crippen molar-refractivity contribution in [2.75, 3.05) is 18.5 Å². The fourth-order valence-corrected chi connectivity index (χ4v) is 2.23. The molecule has 0 amide bonds. The Morgan fingerprint density at radius 3 is 2.85 bits per heavy atom. The van der Waals surface area contributed by atoms with Crippen molar-refractivity contribution in [2.45, 2.75) is 13.5 Å². The number of halogens is 1. The van der Waals surface area contributed by atoms with Gasteiger partial charge in [0.05, 0.1) is 5.69 Å². The van der Waals surface area contributed by atoms with Crippen LogP contribution in [-0.2, 0) is 6.54 Å². The highest BCUT2D eigenvalue weighted by atomic mass is 19.1. The second-order valence-electron chi connectivity index (χ2n) is 4.78. The number of nitrogens with one attached hydrogen (secondary N) is 1. The normalized spacial score (nSPS) is 13.1. The maximum atomic E-state index is 13.8. The van der Waals surface area contributed by atoms with Gasteiger partial charge in [-0.1, -0.05) is 18.2 Å². The van der Waals surface area contributed by atoms with Crippen LogP contribution < -0.4 is 14.8 Å². The van der Waals surface area contributed by atoms with Crippen molar-refractivity contribution in [3.63, 3.8) is 0 Å². The van der Waals surface area contributed by atoms with Gasteiger partial charge in [-0.05, 0) is 30.7 Å². The Bertz CT molecular complexity index is 628. The lowest BCUT2D eigenvalue weighted by Crippen LogP contribution is -2.17. The van der Waals surface area contributed by atoms with E-state index in [1.54, 1.807) is 6.07 Å². The summed E-state index contributed by atoms with van der Waals surface area (Å²) in [6.07, 6.45) is 0. The van der Waals surface area contributed by atoms with Crippen molar-refractivity contribution >= 4 is 5.69 Å². The molecule has 0 aliphatic carbocycles. The van der Waals surface area contributed by atoms with Gasteiger partial charge < -0.3 is 14.8 Å². The molecular weight excluding hydrogens is 257 g/mol. The summed E-state index contributed by atoms with van der Waals surface area (Å²) in [5.41, 5.74) is 2.36. The zero-order valence-electron chi connectivity index (χ0n) is 11.3. The van der Waals surface area contributed by atoms with Gasteiger partial charge in [-0.15, -0.1) is 0 Å². The summed E-state index contributed by atoms with van der Waals surface area (Å²) < 4.78 is 24.9. The third-order valence-electron chi connectivity index (χ3n) is 3.24. The Kier molecular flexibility index (Phi) is 3.46. The van der Waals surface area contributed by atoms with E-state index in [4.69, 9.17) is 9.47 Å². The fraction of sp³-hybridized carbons (Fsp3) is 0.250. The molecule has 0 atom stereocenters. The second-order valence-corrected chi connectivity index (χ2v) is 4.78. The minimum Gasteiger partial charge on any atom is -0.486 e. The minimum absolute atomic E-state index is 0.244. The number of para-hydroxylation sites is 1. The van der Waals surface area contributed by atoms with Gasteiger partial charge in [0.15, 0.2) is 11.5 Å². The van der Waals surface area contributed by atoms with Crippen molar-refractivity contribution in [3.05, 3.63) is 53.3 Å². The van der Waals surface area contributed by atoms with Crippen molar-refractivity contribution in [3.8, 4) is 11.5 Å². The van der Waals surface area contributed by atoms with Crippen LogP contribution >= 0.6 is 0 Å². The quantitative estimate of drug-likeness (QED) is 0.928. The Morgan fingerprint density at radius 2 is 2.00 bits per heavy atom. The number of benzene rings is 2. The first-order valence-electron chi connectivity index (χ1n) is 6.61. The molecule has 104 valence electrons. The molecular formula is C16H16FNO2. The minimum atomic E-state index is -0.244. The molecule has 2 aromatic rings. The zero-order valence-corrected chi connectivity index (χ0v) is 11.3. The third kappa shape index (κ3) is 2.54. The van der Waals surface area contributed by atoms with Crippen LogP contribution in [0.1, 0.15) is 11.1 Å². The molecule has 1 N–H and O–H groups in total. The fourth-order valence-electron chi connectivity index (χ4n) is 2.23. The highest BCUT2D eigenvalue weighted by Crippen LogP contribution is 2.34. The molecule has 0 saturated carbocycles. The smallest absolute Gasteiger partial charge is 0.166 e. The van der Waals surface area contributed by atoms with Crippen molar-refractivity contribution < 1.29 is 13.9 Å². The lowest BCUT2D eigenvalue weighted by Gasteiger charge is -2.21. The monoisotopic (exact) mass is 273 g/mol. The number of hydrogen-bond acceptors (Lipinski definition) is 3. The lowest BCUT2D eigenvalue weighted by molar-refractivity contribution is 0.170. The highest BCUT2D eigenvalue weighted by molar-refractivity contribution is 5.51. The van der Waals surface area contributed by atoms with Crippen LogP contribution in [0.4, 0.5) is 10.1 Å². The van der Waals surface area contributed by atoms with Crippen molar-refractivity contribution in [2.24, 2.45) is 0 Å². The molecule has 0 aromatic heterocycles. The Balaban J connectivity index is 1.78. The average molecular weight is 273 g/mol. The molecule has 3 nitrogen and oxygen atoms in total. The molecule has 0 radical (unpaired) electrons. The highest BCUT2D eigenvalue weighted by Gasteiger charge is 2.15. The molecule has 2 aromatic carbocycles. The van der Waals surface area contributed by atoms with Gasteiger partial charge in [-0.2, -0.15) is 0 Å². The molecule has 1 heterocycles. The topological polar surface area (TPSA) is 30.5 Å². The molecule has 4 heteroatoms. The largest absolute Gasteiger partial charge is 0.486 e. The van der Waals surface area contributed by atoms with Gasteiger partial charge in [-0.25, -0.2) is 4.39 Å². The third-order valence-corrected chi connectivity index (χ3v) is 3.24. The van der Waals surface area contributed by atoms with Crippen LogP contribution in [0.3, 0.4) is 0 Å². The van der Waals surface area contributed by atoms with Crippen molar-refractivity contribution in [1.82, 2.24) is 0 Å². The number of anilines is 1. The van der Waals surface area contributed by atoms with Crippen LogP contribution in [0.2, 0.25) is 0 Å². The van der Waals surface area contributed by atoms with Crippen LogP contribution in [0.15, 0.2) is 36.4 Å². The summed E-state index contributed by atoms with van der Waals surface area (Å²) in [5.74, 6) is 1.26. The summed E-state index contributed by atoms with van der Waals surface area (Å²) in [4.78, 5) is 0. The second kappa shape index (κ2) is 5.41. The molecule has 1 aliphatic heterocycles. The van der Waals surface area contributed by atoms with E-state index in [1.807, 2.05) is 31.2 Å². The van der Waals surface area contributed by atoms with E-state index in [0.717, 1.165) is 22.6 Å². The summed E-state index contributed by atoms with van der Waals surface area (Å²) in [6, 6.07) is 10.9. The predicted octanol–water partition coefficient (Wildman–Crippen LogP) is 3.52. The maximum absolute atomic E-state index is 13.8. The van der Waals surface area contributed by atoms with Gasteiger partial charge >= 0.3 is 0 Å². The maximum Gasteiger partial charge on any atom is 0.166 e. The number of fused-ring (bicyclic) bond motifs is 1. The van der Waals surface area contributed by atoms with E-state index in [1.165, 1.54) is 6.07 Å². The molecule has 20 heavy (non-hydrogen) atoms. The average Bonchev–Trinajstić information content (AvgIpc) is 2.46. The number of hydrogen-bond donors (Lipinski definition) is 1. The summed E-state index contributed by atoms with van der Waals surface area (Å²) in [6.45, 7) is 3.47. The predicted molar refractivity (Wildman–Crippen MR) is 75.9 cm³/mol. The van der Waals surface area contributed by atoms with Gasteiger partial charge in [0.1, 0.15) is 19.0 Å². The Labute approximate surface area is 117 Å². The SMILES string of the molecule is Cc1ccc(NCc2cccc3c2OCCO3)c(F)c1. The summed E-state index contributed by atoms with van der Waals surface area (Å²) in [7, 11) is 0. The van der Waals surface area contributed by atoms with Crippen LogP contribution in [-0.4, -0.2) is 13.2 Å². The first kappa shape index (κ1) is 12.8. The number of aryl methyl sites for hydroxylation is 1. The first-order valence-corrected chi connectivity index (χ1v) is 6.61. The van der Waals surface area contributed by atoms with Gasteiger partial charge in [0.25, 0.3) is 0 Å². The summed E-state index contributed by atoms with van der Waals surface area (Å²) >= 11 is 0. The van der Waals surface area contributed by atoms with E-state index in [9.17, 15) is 4.39 Å². The van der Waals surface area contributed by atoms with Crippen LogP contribution in [0, 0.1) is 12.7 Å². The molecule has 0 spiro atoms. The first-order chi connectivity index (χ1) is 9.74. The standard InChI is InChI=1S/C16H16FNO2/c1-11-5-6-14(13(17)9-11)18-10-12-3-2-4-15-16(12)20-8-7-19-15/h2-6,9,18H,7-8,10H2,1H3. The van der Waals surface area contributed by atoms with E-state index in [-0.39, 0.29) is 5.82 Å². The van der Waals surface area contributed by atoms with Gasteiger partial charge in [0, 0.05) is 12.1 Å². The van der Waals surface area contributed by atoms with E-state index >= 15 is 0 Å². The molecule has 3 rings (SSSR count). The molecule has 1 aliphatic rings. The van der Waals surface area contributed by atoms with Crippen molar-refractivity contribution in [1.29, 1.82) is 0 Å². The number of rotatable bonds is 3. The van der Waals surface area contributed by atoms with Gasteiger partial charge in [-0.3, -0.25) is 0 Å². The molecule has 0 unspecified atom stereocenters.